The van der Waals surface area contributed by atoms with Gasteiger partial charge in [-0.1, -0.05) is 0 Å². The minimum absolute atomic E-state index is 0.103. The summed E-state index contributed by atoms with van der Waals surface area (Å²) in [5, 5.41) is 2.67. The van der Waals surface area contributed by atoms with Gasteiger partial charge in [0.15, 0.2) is 6.39 Å². The second-order valence-electron chi connectivity index (χ2n) is 3.93. The van der Waals surface area contributed by atoms with Crippen LogP contribution in [0.25, 0.3) is 0 Å². The fourth-order valence-electron chi connectivity index (χ4n) is 1.52. The van der Waals surface area contributed by atoms with Crippen LogP contribution in [-0.2, 0) is 15.5 Å². The van der Waals surface area contributed by atoms with E-state index >= 15 is 0 Å². The van der Waals surface area contributed by atoms with E-state index in [0.29, 0.717) is 18.7 Å². The van der Waals surface area contributed by atoms with Crippen LogP contribution in [0.15, 0.2) is 27.2 Å². The Labute approximate surface area is 124 Å². The maximum atomic E-state index is 11.7. The molecule has 0 radical (unpaired) electrons. The van der Waals surface area contributed by atoms with E-state index < -0.39 is 9.05 Å². The molecule has 1 amide bonds. The molecule has 0 bridgehead atoms. The number of carbonyl (C=O) groups excluding carboxylic acids is 1. The first-order chi connectivity index (χ1) is 9.38. The molecule has 0 aliphatic heterocycles. The van der Waals surface area contributed by atoms with Gasteiger partial charge in [0.25, 0.3) is 15.0 Å². The van der Waals surface area contributed by atoms with E-state index in [4.69, 9.17) is 15.1 Å². The van der Waals surface area contributed by atoms with Gasteiger partial charge in [-0.2, -0.15) is 0 Å². The number of aromatic nitrogens is 1. The van der Waals surface area contributed by atoms with E-state index in [2.05, 4.69) is 10.3 Å². The molecule has 9 heteroatoms. The predicted octanol–water partition coefficient (Wildman–Crippen LogP) is 1.94. The van der Waals surface area contributed by atoms with Crippen LogP contribution in [0.4, 0.5) is 0 Å². The first-order valence-corrected chi connectivity index (χ1v) is 8.72. The topological polar surface area (TPSA) is 89.3 Å². The summed E-state index contributed by atoms with van der Waals surface area (Å²) < 4.78 is 27.3. The number of halogens is 1. The van der Waals surface area contributed by atoms with Crippen molar-refractivity contribution in [2.45, 2.75) is 17.6 Å². The van der Waals surface area contributed by atoms with Gasteiger partial charge in [-0.15, -0.1) is 11.3 Å². The van der Waals surface area contributed by atoms with Crippen molar-refractivity contribution in [1.82, 2.24) is 10.3 Å². The highest BCUT2D eigenvalue weighted by Crippen LogP contribution is 2.24. The number of rotatable bonds is 5. The van der Waals surface area contributed by atoms with Crippen LogP contribution >= 0.6 is 22.0 Å². The summed E-state index contributed by atoms with van der Waals surface area (Å²) >= 11 is 1.09. The lowest BCUT2D eigenvalue weighted by atomic mass is 10.3. The molecule has 0 saturated heterocycles. The number of nitrogens with one attached hydrogen (secondary N) is 1. The molecule has 0 spiro atoms. The van der Waals surface area contributed by atoms with Crippen molar-refractivity contribution in [3.05, 3.63) is 34.9 Å². The summed E-state index contributed by atoms with van der Waals surface area (Å²) in [7, 11) is 1.55. The van der Waals surface area contributed by atoms with Crippen molar-refractivity contribution in [2.24, 2.45) is 0 Å². The van der Waals surface area contributed by atoms with Crippen molar-refractivity contribution < 1.29 is 17.6 Å². The number of hydrogen-bond donors (Lipinski definition) is 1. The predicted molar refractivity (Wildman–Crippen MR) is 74.6 cm³/mol. The first-order valence-electron chi connectivity index (χ1n) is 5.59. The maximum absolute atomic E-state index is 11.7. The van der Waals surface area contributed by atoms with Gasteiger partial charge in [-0.05, 0) is 25.5 Å². The van der Waals surface area contributed by atoms with Gasteiger partial charge in [-0.25, -0.2) is 13.4 Å². The number of thiophene rings is 1. The molecule has 1 N–H and O–H groups in total. The normalized spacial score (nSPS) is 11.5. The minimum atomic E-state index is -3.68. The zero-order valence-corrected chi connectivity index (χ0v) is 12.8. The molecule has 2 rings (SSSR count). The van der Waals surface area contributed by atoms with Crippen LogP contribution in [0.1, 0.15) is 21.1 Å². The van der Waals surface area contributed by atoms with Gasteiger partial charge in [0.1, 0.15) is 4.21 Å². The molecular weight excluding hydrogens is 324 g/mol. The van der Waals surface area contributed by atoms with Crippen LogP contribution in [0, 0.1) is 6.92 Å². The highest BCUT2D eigenvalue weighted by atomic mass is 35.7. The van der Waals surface area contributed by atoms with E-state index in [1.807, 2.05) is 0 Å². The fourth-order valence-corrected chi connectivity index (χ4v) is 3.65. The van der Waals surface area contributed by atoms with Gasteiger partial charge < -0.3 is 9.73 Å². The fraction of sp³-hybridized carbons (Fsp3) is 0.273. The third-order valence-corrected chi connectivity index (χ3v) is 5.72. The average molecular weight is 335 g/mol. The largest absolute Gasteiger partial charge is 0.438 e. The summed E-state index contributed by atoms with van der Waals surface area (Å²) in [6.07, 6.45) is 1.72. The Morgan fingerprint density at radius 3 is 2.80 bits per heavy atom. The van der Waals surface area contributed by atoms with Crippen molar-refractivity contribution in [3.63, 3.8) is 0 Å². The van der Waals surface area contributed by atoms with Crippen LogP contribution in [0.3, 0.4) is 0 Å². The number of carbonyl (C=O) groups is 1. The number of oxazole rings is 1. The molecule has 0 unspecified atom stereocenters. The van der Waals surface area contributed by atoms with Crippen LogP contribution < -0.4 is 5.32 Å². The van der Waals surface area contributed by atoms with Crippen molar-refractivity contribution in [3.8, 4) is 0 Å². The number of hydrogen-bond acceptors (Lipinski definition) is 6. The van der Waals surface area contributed by atoms with Crippen LogP contribution in [-0.4, -0.2) is 25.9 Å². The molecule has 20 heavy (non-hydrogen) atoms. The van der Waals surface area contributed by atoms with E-state index in [0.717, 1.165) is 16.2 Å². The molecule has 0 saturated carbocycles. The van der Waals surface area contributed by atoms with Gasteiger partial charge in [0.05, 0.1) is 5.69 Å². The maximum Gasteiger partial charge on any atom is 0.289 e. The summed E-state index contributed by atoms with van der Waals surface area (Å²) in [6, 6.07) is 3.12. The molecule has 2 aromatic heterocycles. The zero-order chi connectivity index (χ0) is 14.8. The van der Waals surface area contributed by atoms with Gasteiger partial charge in [0, 0.05) is 22.1 Å². The van der Waals surface area contributed by atoms with Crippen molar-refractivity contribution in [2.75, 3.05) is 6.54 Å². The van der Waals surface area contributed by atoms with Gasteiger partial charge in [0.2, 0.25) is 5.76 Å². The molecule has 108 valence electrons. The standard InChI is InChI=1S/C11H11ClN2O4S2/c1-7-10(18-6-14-7)11(15)13-5-4-8-2-3-9(19-8)20(12,16)17/h2-3,6H,4-5H2,1H3,(H,13,15). The molecule has 2 heterocycles. The van der Waals surface area contributed by atoms with E-state index in [9.17, 15) is 13.2 Å². The lowest BCUT2D eigenvalue weighted by Gasteiger charge is -2.01. The Morgan fingerprint density at radius 1 is 1.50 bits per heavy atom. The van der Waals surface area contributed by atoms with Crippen LogP contribution in [0.2, 0.25) is 0 Å². The average Bonchev–Trinajstić information content (AvgIpc) is 2.97. The number of aryl methyl sites for hydroxylation is 1. The summed E-state index contributed by atoms with van der Waals surface area (Å²) in [5.74, 6) is -0.165. The second kappa shape index (κ2) is 5.94. The lowest BCUT2D eigenvalue weighted by molar-refractivity contribution is 0.0925. The Hall–Kier alpha value is -1.38. The van der Waals surface area contributed by atoms with Gasteiger partial charge >= 0.3 is 0 Å². The lowest BCUT2D eigenvalue weighted by Crippen LogP contribution is -2.25. The molecule has 0 aliphatic carbocycles. The molecule has 0 atom stereocenters. The molecule has 0 aromatic carbocycles. The van der Waals surface area contributed by atoms with Crippen molar-refractivity contribution in [1.29, 1.82) is 0 Å². The Kier molecular flexibility index (Phi) is 4.46. The monoisotopic (exact) mass is 334 g/mol. The smallest absolute Gasteiger partial charge is 0.289 e. The summed E-state index contributed by atoms with van der Waals surface area (Å²) in [5.41, 5.74) is 0.522. The molecule has 2 aromatic rings. The molecule has 0 aliphatic rings. The number of nitrogens with zero attached hydrogens (tertiary/aromatic N) is 1. The molecule has 6 nitrogen and oxygen atoms in total. The Morgan fingerprint density at radius 2 is 2.25 bits per heavy atom. The van der Waals surface area contributed by atoms with Crippen molar-refractivity contribution >= 4 is 37.0 Å². The molecule has 0 fully saturated rings. The zero-order valence-electron chi connectivity index (χ0n) is 10.4. The quantitative estimate of drug-likeness (QED) is 0.844. The summed E-state index contributed by atoms with van der Waals surface area (Å²) in [6.45, 7) is 2.04. The second-order valence-corrected chi connectivity index (χ2v) is 7.89. The van der Waals surface area contributed by atoms with E-state index in [1.165, 1.54) is 12.5 Å². The van der Waals surface area contributed by atoms with E-state index in [1.54, 1.807) is 13.0 Å². The number of amides is 1. The highest BCUT2D eigenvalue weighted by molar-refractivity contribution is 8.15. The Balaban J connectivity index is 1.89. The van der Waals surface area contributed by atoms with E-state index in [-0.39, 0.29) is 15.9 Å². The SMILES string of the molecule is Cc1ncoc1C(=O)NCCc1ccc(S(=O)(=O)Cl)s1. The first kappa shape index (κ1) is 15.0. The van der Waals surface area contributed by atoms with Gasteiger partial charge in [-0.3, -0.25) is 4.79 Å². The minimum Gasteiger partial charge on any atom is -0.438 e. The highest BCUT2D eigenvalue weighted by Gasteiger charge is 2.15. The summed E-state index contributed by atoms with van der Waals surface area (Å²) in [4.78, 5) is 16.4. The third-order valence-electron chi connectivity index (χ3n) is 2.49. The Bertz CT molecular complexity index is 720. The van der Waals surface area contributed by atoms with Crippen LogP contribution in [0.5, 0.6) is 0 Å². The molecular formula is C11H11ClN2O4S2. The third kappa shape index (κ3) is 3.59.